The van der Waals surface area contributed by atoms with Crippen molar-refractivity contribution in [3.8, 4) is 11.1 Å². The molecule has 0 fully saturated rings. The zero-order valence-electron chi connectivity index (χ0n) is 22.9. The summed E-state index contributed by atoms with van der Waals surface area (Å²) in [4.78, 5) is 44.1. The zero-order chi connectivity index (χ0) is 30.5. The number of oxazole rings is 1. The molecule has 0 aliphatic heterocycles. The first-order valence-electron chi connectivity index (χ1n) is 13.5. The molecule has 2 N–H and O–H groups in total. The number of ketones is 1. The minimum atomic E-state index is -1.42. The third-order valence-electron chi connectivity index (χ3n) is 6.94. The molecular formula is C33H26ClF2N3O4. The van der Waals surface area contributed by atoms with Gasteiger partial charge in [0, 0.05) is 22.6 Å². The van der Waals surface area contributed by atoms with Crippen molar-refractivity contribution in [1.29, 1.82) is 0 Å². The Morgan fingerprint density at radius 3 is 2.21 bits per heavy atom. The fourth-order valence-corrected chi connectivity index (χ4v) is 4.81. The lowest BCUT2D eigenvalue weighted by Crippen LogP contribution is -2.52. The number of rotatable bonds is 10. The molecule has 0 spiro atoms. The van der Waals surface area contributed by atoms with Crippen LogP contribution in [0.4, 0.5) is 8.78 Å². The number of carbonyl (C=O) groups excluding carboxylic acids is 3. The molecule has 43 heavy (non-hydrogen) atoms. The normalized spacial score (nSPS) is 12.5. The van der Waals surface area contributed by atoms with Gasteiger partial charge in [-0.05, 0) is 66.1 Å². The van der Waals surface area contributed by atoms with Gasteiger partial charge in [-0.25, -0.2) is 13.8 Å². The van der Waals surface area contributed by atoms with Gasteiger partial charge in [-0.2, -0.15) is 0 Å². The fraction of sp³-hybridized carbons (Fsp3) is 0.152. The molecular weight excluding hydrogens is 576 g/mol. The Morgan fingerprint density at radius 1 is 0.837 bits per heavy atom. The molecule has 0 unspecified atom stereocenters. The number of fused-ring (bicyclic) bond motifs is 1. The molecule has 2 atom stereocenters. The average molecular weight is 602 g/mol. The van der Waals surface area contributed by atoms with E-state index in [1.807, 2.05) is 12.1 Å². The van der Waals surface area contributed by atoms with Crippen LogP contribution in [0.1, 0.15) is 40.0 Å². The highest BCUT2D eigenvalue weighted by atomic mass is 35.5. The lowest BCUT2D eigenvalue weighted by atomic mass is 10.0. The Labute approximate surface area is 250 Å². The van der Waals surface area contributed by atoms with Gasteiger partial charge in [0.2, 0.25) is 11.7 Å². The number of carbonyl (C=O) groups is 3. The van der Waals surface area contributed by atoms with Crippen molar-refractivity contribution < 1.29 is 27.6 Å². The number of hydrogen-bond acceptors (Lipinski definition) is 5. The maximum Gasteiger partial charge on any atom is 0.266 e. The summed E-state index contributed by atoms with van der Waals surface area (Å²) in [6, 6.07) is 21.5. The molecule has 0 saturated carbocycles. The number of halogens is 3. The highest BCUT2D eigenvalue weighted by Crippen LogP contribution is 2.23. The van der Waals surface area contributed by atoms with Crippen LogP contribution in [0.5, 0.6) is 0 Å². The van der Waals surface area contributed by atoms with Gasteiger partial charge in [0.05, 0.1) is 6.04 Å². The molecule has 5 rings (SSSR count). The molecule has 7 nitrogen and oxygen atoms in total. The van der Waals surface area contributed by atoms with Crippen molar-refractivity contribution in [1.82, 2.24) is 15.6 Å². The standard InChI is InChI=1S/C33H26ClF2N3O4/c1-2-26(30(40)33-39-27-11-3-4-12-29(27)43-33)37-32(42)28(18-23-24(35)9-6-10-25(23)36)38-31(41)20-15-13-19(14-16-20)21-7-5-8-22(34)17-21/h3-17,26,28H,2,18H2,1H3,(H,37,42)(H,38,41)/t26-,28-/m0/s1. The molecule has 5 aromatic rings. The van der Waals surface area contributed by atoms with Gasteiger partial charge >= 0.3 is 0 Å². The van der Waals surface area contributed by atoms with E-state index in [1.165, 1.54) is 6.07 Å². The summed E-state index contributed by atoms with van der Waals surface area (Å²) in [6.45, 7) is 1.68. The van der Waals surface area contributed by atoms with Crippen LogP contribution in [-0.2, 0) is 11.2 Å². The maximum absolute atomic E-state index is 14.6. The predicted octanol–water partition coefficient (Wildman–Crippen LogP) is 6.55. The number of para-hydroxylation sites is 2. The first-order chi connectivity index (χ1) is 20.7. The van der Waals surface area contributed by atoms with Crippen LogP contribution in [0.3, 0.4) is 0 Å². The van der Waals surface area contributed by atoms with E-state index in [9.17, 15) is 23.2 Å². The minimum absolute atomic E-state index is 0.170. The van der Waals surface area contributed by atoms with Crippen molar-refractivity contribution in [2.45, 2.75) is 31.8 Å². The second-order valence-corrected chi connectivity index (χ2v) is 10.3. The van der Waals surface area contributed by atoms with E-state index in [4.69, 9.17) is 16.0 Å². The Balaban J connectivity index is 1.37. The summed E-state index contributed by atoms with van der Waals surface area (Å²) in [5, 5.41) is 5.74. The fourth-order valence-electron chi connectivity index (χ4n) is 4.62. The third kappa shape index (κ3) is 6.79. The van der Waals surface area contributed by atoms with Crippen LogP contribution < -0.4 is 10.6 Å². The van der Waals surface area contributed by atoms with Gasteiger partial charge in [-0.1, -0.05) is 61.0 Å². The molecule has 0 bridgehead atoms. The molecule has 0 aliphatic rings. The van der Waals surface area contributed by atoms with Crippen LogP contribution in [0, 0.1) is 11.6 Å². The summed E-state index contributed by atoms with van der Waals surface area (Å²) < 4.78 is 34.7. The Morgan fingerprint density at radius 2 is 1.53 bits per heavy atom. The number of amides is 2. The van der Waals surface area contributed by atoms with Crippen molar-refractivity contribution in [3.05, 3.63) is 125 Å². The zero-order valence-corrected chi connectivity index (χ0v) is 23.7. The van der Waals surface area contributed by atoms with Crippen molar-refractivity contribution in [2.75, 3.05) is 0 Å². The first-order valence-corrected chi connectivity index (χ1v) is 13.9. The van der Waals surface area contributed by atoms with Crippen LogP contribution in [-0.4, -0.2) is 34.7 Å². The summed E-state index contributed by atoms with van der Waals surface area (Å²) >= 11 is 6.09. The Bertz CT molecular complexity index is 1750. The number of hydrogen-bond donors (Lipinski definition) is 2. The second kappa shape index (κ2) is 13.0. The van der Waals surface area contributed by atoms with E-state index in [0.29, 0.717) is 16.1 Å². The second-order valence-electron chi connectivity index (χ2n) is 9.84. The van der Waals surface area contributed by atoms with Gasteiger partial charge < -0.3 is 15.1 Å². The molecule has 218 valence electrons. The van der Waals surface area contributed by atoms with E-state index < -0.39 is 47.7 Å². The monoisotopic (exact) mass is 601 g/mol. The van der Waals surface area contributed by atoms with Gasteiger partial charge in [0.15, 0.2) is 5.58 Å². The SMILES string of the molecule is CC[C@H](NC(=O)[C@H](Cc1c(F)cccc1F)NC(=O)c1ccc(-c2cccc(Cl)c2)cc1)C(=O)c1nc2ccccc2o1. The van der Waals surface area contributed by atoms with Gasteiger partial charge in [0.1, 0.15) is 23.2 Å². The highest BCUT2D eigenvalue weighted by molar-refractivity contribution is 6.30. The van der Waals surface area contributed by atoms with E-state index in [1.54, 1.807) is 67.6 Å². The molecule has 1 heterocycles. The highest BCUT2D eigenvalue weighted by Gasteiger charge is 2.30. The number of nitrogens with zero attached hydrogens (tertiary/aromatic N) is 1. The van der Waals surface area contributed by atoms with E-state index >= 15 is 0 Å². The van der Waals surface area contributed by atoms with Crippen molar-refractivity contribution in [2.24, 2.45) is 0 Å². The lowest BCUT2D eigenvalue weighted by molar-refractivity contribution is -0.123. The molecule has 0 aliphatic carbocycles. The van der Waals surface area contributed by atoms with Crippen LogP contribution in [0.25, 0.3) is 22.2 Å². The summed E-state index contributed by atoms with van der Waals surface area (Å²) in [5.41, 5.74) is 2.39. The molecule has 2 amide bonds. The minimum Gasteiger partial charge on any atom is -0.434 e. The number of aromatic nitrogens is 1. The van der Waals surface area contributed by atoms with Crippen LogP contribution >= 0.6 is 11.6 Å². The van der Waals surface area contributed by atoms with Gasteiger partial charge in [0.25, 0.3) is 11.8 Å². The molecule has 1 aromatic heterocycles. The molecule has 0 radical (unpaired) electrons. The summed E-state index contributed by atoms with van der Waals surface area (Å²) in [6.07, 6.45) is -0.326. The van der Waals surface area contributed by atoms with Gasteiger partial charge in [-0.15, -0.1) is 0 Å². The maximum atomic E-state index is 14.6. The molecule has 4 aromatic carbocycles. The lowest BCUT2D eigenvalue weighted by Gasteiger charge is -2.22. The largest absolute Gasteiger partial charge is 0.434 e. The van der Waals surface area contributed by atoms with E-state index in [-0.39, 0.29) is 23.4 Å². The molecule has 10 heteroatoms. The van der Waals surface area contributed by atoms with Crippen LogP contribution in [0.2, 0.25) is 5.02 Å². The number of benzene rings is 4. The Hall–Kier alpha value is -4.89. The number of Topliss-reactive ketones (excluding diaryl/α,β-unsaturated/α-hetero) is 1. The third-order valence-corrected chi connectivity index (χ3v) is 7.18. The van der Waals surface area contributed by atoms with Crippen molar-refractivity contribution in [3.63, 3.8) is 0 Å². The quantitative estimate of drug-likeness (QED) is 0.177. The first kappa shape index (κ1) is 29.6. The average Bonchev–Trinajstić information content (AvgIpc) is 3.45. The topological polar surface area (TPSA) is 101 Å². The van der Waals surface area contributed by atoms with Crippen molar-refractivity contribution >= 4 is 40.3 Å². The van der Waals surface area contributed by atoms with E-state index in [0.717, 1.165) is 23.3 Å². The van der Waals surface area contributed by atoms with E-state index in [2.05, 4.69) is 15.6 Å². The smallest absolute Gasteiger partial charge is 0.266 e. The van der Waals surface area contributed by atoms with Gasteiger partial charge in [-0.3, -0.25) is 14.4 Å². The predicted molar refractivity (Wildman–Crippen MR) is 159 cm³/mol. The summed E-state index contributed by atoms with van der Waals surface area (Å²) in [7, 11) is 0. The Kier molecular flexibility index (Phi) is 8.92. The van der Waals surface area contributed by atoms with Crippen LogP contribution in [0.15, 0.2) is 95.4 Å². The summed E-state index contributed by atoms with van der Waals surface area (Å²) in [5.74, 6) is -3.95. The molecule has 0 saturated heterocycles. The number of nitrogens with one attached hydrogen (secondary N) is 2.